The van der Waals surface area contributed by atoms with Crippen LogP contribution in [0.15, 0.2) is 15.9 Å². The molecule has 0 spiro atoms. The zero-order valence-corrected chi connectivity index (χ0v) is 12.7. The van der Waals surface area contributed by atoms with Gasteiger partial charge in [0.1, 0.15) is 0 Å². The van der Waals surface area contributed by atoms with E-state index < -0.39 is 0 Å². The lowest BCUT2D eigenvalue weighted by atomic mass is 9.82. The summed E-state index contributed by atoms with van der Waals surface area (Å²) >= 11 is 5.45. The number of rotatable bonds is 4. The minimum atomic E-state index is 0.691. The predicted octanol–water partition coefficient (Wildman–Crippen LogP) is 4.08. The van der Waals surface area contributed by atoms with E-state index in [0.717, 1.165) is 17.8 Å². The van der Waals surface area contributed by atoms with Gasteiger partial charge in [-0.25, -0.2) is 0 Å². The summed E-state index contributed by atoms with van der Waals surface area (Å²) in [6.07, 6.45) is 7.18. The lowest BCUT2D eigenvalue weighted by Crippen LogP contribution is -2.38. The molecule has 0 aromatic carbocycles. The molecule has 1 aromatic heterocycles. The first-order valence-electron chi connectivity index (χ1n) is 6.67. The highest BCUT2D eigenvalue weighted by Gasteiger charge is 2.42. The average molecular weight is 314 g/mol. The van der Waals surface area contributed by atoms with Crippen molar-refractivity contribution in [3.05, 3.63) is 20.8 Å². The zero-order chi connectivity index (χ0) is 11.8. The van der Waals surface area contributed by atoms with Gasteiger partial charge in [0.2, 0.25) is 0 Å². The molecule has 4 atom stereocenters. The maximum atomic E-state index is 3.58. The number of fused-ring (bicyclic) bond motifs is 2. The van der Waals surface area contributed by atoms with Crippen LogP contribution in [0.5, 0.6) is 0 Å². The summed E-state index contributed by atoms with van der Waals surface area (Å²) in [4.78, 5) is 1.51. The second kappa shape index (κ2) is 5.02. The molecule has 1 nitrogen and oxygen atoms in total. The van der Waals surface area contributed by atoms with Gasteiger partial charge >= 0.3 is 0 Å². The molecule has 94 valence electrons. The van der Waals surface area contributed by atoms with Crippen molar-refractivity contribution in [3.8, 4) is 0 Å². The van der Waals surface area contributed by atoms with Crippen molar-refractivity contribution in [2.24, 2.45) is 17.8 Å². The summed E-state index contributed by atoms with van der Waals surface area (Å²) in [7, 11) is 2.14. The van der Waals surface area contributed by atoms with E-state index >= 15 is 0 Å². The second-order valence-electron chi connectivity index (χ2n) is 5.64. The van der Waals surface area contributed by atoms with E-state index in [1.54, 1.807) is 0 Å². The lowest BCUT2D eigenvalue weighted by molar-refractivity contribution is 0.256. The molecule has 1 N–H and O–H groups in total. The lowest BCUT2D eigenvalue weighted by Gasteiger charge is -2.30. The molecule has 1 aromatic rings. The molecular weight excluding hydrogens is 294 g/mol. The van der Waals surface area contributed by atoms with Crippen molar-refractivity contribution in [1.29, 1.82) is 0 Å². The molecule has 4 unspecified atom stereocenters. The van der Waals surface area contributed by atoms with Crippen LogP contribution in [0.4, 0.5) is 0 Å². The van der Waals surface area contributed by atoms with Gasteiger partial charge in [0.25, 0.3) is 0 Å². The third-order valence-corrected chi connectivity index (χ3v) is 6.38. The predicted molar refractivity (Wildman–Crippen MR) is 77.5 cm³/mol. The highest BCUT2D eigenvalue weighted by molar-refractivity contribution is 9.11. The van der Waals surface area contributed by atoms with Crippen molar-refractivity contribution < 1.29 is 0 Å². The first kappa shape index (κ1) is 12.2. The summed E-state index contributed by atoms with van der Waals surface area (Å²) in [5.41, 5.74) is 0. The van der Waals surface area contributed by atoms with Crippen molar-refractivity contribution in [2.75, 3.05) is 7.05 Å². The summed E-state index contributed by atoms with van der Waals surface area (Å²) < 4.78 is 1.26. The van der Waals surface area contributed by atoms with Crippen LogP contribution in [-0.2, 0) is 6.42 Å². The Balaban J connectivity index is 1.67. The smallest absolute Gasteiger partial charge is 0.0701 e. The van der Waals surface area contributed by atoms with Gasteiger partial charge in [-0.1, -0.05) is 6.42 Å². The Morgan fingerprint density at radius 2 is 2.29 bits per heavy atom. The maximum absolute atomic E-state index is 3.58. The first-order valence-corrected chi connectivity index (χ1v) is 8.28. The highest BCUT2D eigenvalue weighted by atomic mass is 79.9. The van der Waals surface area contributed by atoms with Gasteiger partial charge in [-0.05, 0) is 78.5 Å². The summed E-state index contributed by atoms with van der Waals surface area (Å²) in [5.74, 6) is 3.00. The van der Waals surface area contributed by atoms with E-state index in [4.69, 9.17) is 0 Å². The van der Waals surface area contributed by atoms with Crippen molar-refractivity contribution in [1.82, 2.24) is 5.32 Å². The Morgan fingerprint density at radius 3 is 2.82 bits per heavy atom. The van der Waals surface area contributed by atoms with Crippen LogP contribution in [0.25, 0.3) is 0 Å². The highest BCUT2D eigenvalue weighted by Crippen LogP contribution is 2.50. The van der Waals surface area contributed by atoms with E-state index in [0.29, 0.717) is 6.04 Å². The molecule has 17 heavy (non-hydrogen) atoms. The second-order valence-corrected chi connectivity index (χ2v) is 8.19. The van der Waals surface area contributed by atoms with Crippen LogP contribution in [0.2, 0.25) is 0 Å². The monoisotopic (exact) mass is 313 g/mol. The Kier molecular flexibility index (Phi) is 3.60. The molecular formula is C14H20BrNS. The van der Waals surface area contributed by atoms with E-state index in [9.17, 15) is 0 Å². The molecule has 0 aliphatic heterocycles. The van der Waals surface area contributed by atoms with Gasteiger partial charge in [-0.15, -0.1) is 11.3 Å². The minimum absolute atomic E-state index is 0.691. The molecule has 2 bridgehead atoms. The molecule has 1 heterocycles. The molecule has 0 radical (unpaired) electrons. The molecule has 0 saturated heterocycles. The van der Waals surface area contributed by atoms with E-state index in [2.05, 4.69) is 40.4 Å². The topological polar surface area (TPSA) is 12.0 Å². The Bertz CT molecular complexity index is 389. The third-order valence-electron chi connectivity index (χ3n) is 4.73. The summed E-state index contributed by atoms with van der Waals surface area (Å²) in [5, 5.41) is 3.58. The number of thiophene rings is 1. The van der Waals surface area contributed by atoms with E-state index in [1.165, 1.54) is 40.8 Å². The van der Waals surface area contributed by atoms with Gasteiger partial charge in [0.05, 0.1) is 3.79 Å². The Morgan fingerprint density at radius 1 is 1.41 bits per heavy atom. The quantitative estimate of drug-likeness (QED) is 0.883. The Hall–Kier alpha value is 0.140. The molecule has 2 saturated carbocycles. The fraction of sp³-hybridized carbons (Fsp3) is 0.714. The van der Waals surface area contributed by atoms with Gasteiger partial charge in [-0.3, -0.25) is 0 Å². The van der Waals surface area contributed by atoms with Crippen LogP contribution >= 0.6 is 27.3 Å². The van der Waals surface area contributed by atoms with E-state index in [-0.39, 0.29) is 0 Å². The standard InChI is InChI=1S/C14H20BrNS/c1-16-13(8-11-4-5-14(15)17-11)12-7-9-2-3-10(12)6-9/h4-5,9-10,12-13,16H,2-3,6-8H2,1H3. The number of hydrogen-bond acceptors (Lipinski definition) is 2. The van der Waals surface area contributed by atoms with Gasteiger partial charge in [0, 0.05) is 10.9 Å². The van der Waals surface area contributed by atoms with Crippen LogP contribution in [-0.4, -0.2) is 13.1 Å². The molecule has 3 rings (SSSR count). The summed E-state index contributed by atoms with van der Waals surface area (Å²) in [6.45, 7) is 0. The van der Waals surface area contributed by atoms with Gasteiger partial charge in [-0.2, -0.15) is 0 Å². The normalized spacial score (nSPS) is 33.2. The largest absolute Gasteiger partial charge is 0.316 e. The molecule has 2 aliphatic rings. The maximum Gasteiger partial charge on any atom is 0.0701 e. The van der Waals surface area contributed by atoms with Crippen LogP contribution in [0.3, 0.4) is 0 Å². The molecule has 2 aliphatic carbocycles. The minimum Gasteiger partial charge on any atom is -0.316 e. The van der Waals surface area contributed by atoms with Gasteiger partial charge < -0.3 is 5.32 Å². The molecule has 3 heteroatoms. The van der Waals surface area contributed by atoms with Gasteiger partial charge in [0.15, 0.2) is 0 Å². The first-order chi connectivity index (χ1) is 8.26. The van der Waals surface area contributed by atoms with Crippen LogP contribution in [0, 0.1) is 17.8 Å². The Labute approximate surface area is 116 Å². The fourth-order valence-electron chi connectivity index (χ4n) is 3.93. The summed E-state index contributed by atoms with van der Waals surface area (Å²) in [6, 6.07) is 5.13. The van der Waals surface area contributed by atoms with Crippen LogP contribution < -0.4 is 5.32 Å². The van der Waals surface area contributed by atoms with Crippen molar-refractivity contribution in [2.45, 2.75) is 38.1 Å². The van der Waals surface area contributed by atoms with Crippen LogP contribution in [0.1, 0.15) is 30.6 Å². The third kappa shape index (κ3) is 2.47. The zero-order valence-electron chi connectivity index (χ0n) is 10.3. The SMILES string of the molecule is CNC(Cc1ccc(Br)s1)C1CC2CCC1C2. The average Bonchev–Trinajstić information content (AvgIpc) is 3.01. The molecule has 0 amide bonds. The number of hydrogen-bond donors (Lipinski definition) is 1. The number of likely N-dealkylation sites (N-methyl/N-ethyl adjacent to an activating group) is 1. The van der Waals surface area contributed by atoms with Crippen molar-refractivity contribution in [3.63, 3.8) is 0 Å². The number of nitrogens with one attached hydrogen (secondary N) is 1. The van der Waals surface area contributed by atoms with Crippen molar-refractivity contribution >= 4 is 27.3 Å². The molecule has 2 fully saturated rings. The fourth-order valence-corrected chi connectivity index (χ4v) is 5.47. The van der Waals surface area contributed by atoms with E-state index in [1.807, 2.05) is 11.3 Å². The number of halogens is 1.